The zero-order chi connectivity index (χ0) is 20.8. The smallest absolute Gasteiger partial charge is 0.191 e. The first kappa shape index (κ1) is 21.2. The molecule has 2 N–H and O–H groups in total. The molecule has 0 bridgehead atoms. The summed E-state index contributed by atoms with van der Waals surface area (Å²) in [6.07, 6.45) is 11.7. The Hall–Kier alpha value is -2.02. The highest BCUT2D eigenvalue weighted by Crippen LogP contribution is 2.47. The molecule has 1 aromatic carbocycles. The molecule has 0 radical (unpaired) electrons. The van der Waals surface area contributed by atoms with Gasteiger partial charge in [0.2, 0.25) is 0 Å². The molecule has 1 heterocycles. The molecule has 2 saturated carbocycles. The van der Waals surface area contributed by atoms with Crippen LogP contribution in [0.4, 0.5) is 0 Å². The molecule has 0 spiro atoms. The van der Waals surface area contributed by atoms with Crippen LogP contribution in [0.3, 0.4) is 0 Å². The third-order valence-corrected chi connectivity index (χ3v) is 7.18. The molecule has 4 rings (SSSR count). The van der Waals surface area contributed by atoms with E-state index in [-0.39, 0.29) is 5.41 Å². The number of thioether (sulfide) groups is 1. The van der Waals surface area contributed by atoms with Crippen molar-refractivity contribution in [2.24, 2.45) is 4.99 Å². The minimum Gasteiger partial charge on any atom is -0.356 e. The van der Waals surface area contributed by atoms with Crippen LogP contribution in [-0.4, -0.2) is 47.1 Å². The number of benzene rings is 1. The lowest BCUT2D eigenvalue weighted by atomic mass is 9.96. The second-order valence-electron chi connectivity index (χ2n) is 8.51. The predicted octanol–water partition coefficient (Wildman–Crippen LogP) is 3.94. The Balaban J connectivity index is 1.25. The second-order valence-corrected chi connectivity index (χ2v) is 9.29. The topological polar surface area (TPSA) is 67.1 Å². The van der Waals surface area contributed by atoms with Gasteiger partial charge in [-0.3, -0.25) is 4.99 Å². The number of hydrogen-bond donors (Lipinski definition) is 2. The number of aliphatic imine (C=N–C) groups is 1. The van der Waals surface area contributed by atoms with Crippen molar-refractivity contribution >= 4 is 17.7 Å². The van der Waals surface area contributed by atoms with Crippen molar-refractivity contribution in [3.05, 3.63) is 41.7 Å². The van der Waals surface area contributed by atoms with E-state index in [0.717, 1.165) is 42.9 Å². The van der Waals surface area contributed by atoms with E-state index < -0.39 is 0 Å². The van der Waals surface area contributed by atoms with Crippen LogP contribution < -0.4 is 10.6 Å². The summed E-state index contributed by atoms with van der Waals surface area (Å²) in [6.45, 7) is 1.81. The summed E-state index contributed by atoms with van der Waals surface area (Å²) < 4.78 is 2.40. The van der Waals surface area contributed by atoms with Crippen LogP contribution in [0.15, 0.2) is 40.5 Å². The average Bonchev–Trinajstić information content (AvgIpc) is 3.19. The Labute approximate surface area is 184 Å². The first-order valence-electron chi connectivity index (χ1n) is 11.2. The lowest BCUT2D eigenvalue weighted by molar-refractivity contribution is 0.460. The van der Waals surface area contributed by atoms with Gasteiger partial charge in [-0.15, -0.1) is 10.2 Å². The maximum Gasteiger partial charge on any atom is 0.191 e. The molecule has 7 heteroatoms. The first-order chi connectivity index (χ1) is 14.8. The third kappa shape index (κ3) is 4.82. The van der Waals surface area contributed by atoms with Gasteiger partial charge in [0, 0.05) is 38.0 Å². The van der Waals surface area contributed by atoms with Crippen LogP contribution in [0.1, 0.15) is 62.4 Å². The summed E-state index contributed by atoms with van der Waals surface area (Å²) >= 11 is 1.71. The number of aromatic nitrogens is 3. The molecule has 6 nitrogen and oxygen atoms in total. The van der Waals surface area contributed by atoms with Gasteiger partial charge in [-0.25, -0.2) is 0 Å². The van der Waals surface area contributed by atoms with Crippen LogP contribution in [0.25, 0.3) is 0 Å². The van der Waals surface area contributed by atoms with Gasteiger partial charge < -0.3 is 15.2 Å². The molecule has 0 amide bonds. The normalized spacial score (nSPS) is 18.5. The summed E-state index contributed by atoms with van der Waals surface area (Å²) in [5.74, 6) is 2.02. The lowest BCUT2D eigenvalue weighted by Gasteiger charge is -2.19. The van der Waals surface area contributed by atoms with Crippen molar-refractivity contribution < 1.29 is 0 Å². The standard InChI is InChI=1S/C23H34N6S/c1-24-21(26-17-23(14-15-23)18-9-4-3-5-10-18)25-16-8-13-20-27-28-22(30-2)29(20)19-11-6-7-12-19/h3-5,9-10,19H,6-8,11-17H2,1-2H3,(H2,24,25,26). The van der Waals surface area contributed by atoms with Crippen LogP contribution in [0.5, 0.6) is 0 Å². The van der Waals surface area contributed by atoms with Gasteiger partial charge in [-0.05, 0) is 43.9 Å². The fourth-order valence-corrected chi connectivity index (χ4v) is 5.16. The summed E-state index contributed by atoms with van der Waals surface area (Å²) in [7, 11) is 1.85. The van der Waals surface area contributed by atoms with E-state index in [1.54, 1.807) is 11.8 Å². The molecule has 0 atom stereocenters. The molecule has 0 saturated heterocycles. The van der Waals surface area contributed by atoms with E-state index in [2.05, 4.69) is 67.0 Å². The number of guanidine groups is 1. The van der Waals surface area contributed by atoms with Crippen molar-refractivity contribution in [1.82, 2.24) is 25.4 Å². The average molecular weight is 427 g/mol. The van der Waals surface area contributed by atoms with Gasteiger partial charge in [-0.2, -0.15) is 0 Å². The molecule has 2 aliphatic rings. The number of nitrogens with one attached hydrogen (secondary N) is 2. The van der Waals surface area contributed by atoms with Crippen molar-refractivity contribution in [3.63, 3.8) is 0 Å². The summed E-state index contributed by atoms with van der Waals surface area (Å²) in [6, 6.07) is 11.4. The largest absolute Gasteiger partial charge is 0.356 e. The fraction of sp³-hybridized carbons (Fsp3) is 0.609. The number of hydrogen-bond acceptors (Lipinski definition) is 4. The maximum absolute atomic E-state index is 4.50. The van der Waals surface area contributed by atoms with Crippen molar-refractivity contribution in [1.29, 1.82) is 0 Å². The Morgan fingerprint density at radius 2 is 1.93 bits per heavy atom. The number of aryl methyl sites for hydroxylation is 1. The van der Waals surface area contributed by atoms with Gasteiger partial charge >= 0.3 is 0 Å². The molecule has 2 aromatic rings. The van der Waals surface area contributed by atoms with Crippen LogP contribution in [0, 0.1) is 0 Å². The minimum absolute atomic E-state index is 0.283. The monoisotopic (exact) mass is 426 g/mol. The van der Waals surface area contributed by atoms with E-state index in [1.807, 2.05) is 7.05 Å². The Morgan fingerprint density at radius 1 is 1.17 bits per heavy atom. The molecule has 30 heavy (non-hydrogen) atoms. The third-order valence-electron chi connectivity index (χ3n) is 6.53. The van der Waals surface area contributed by atoms with Crippen LogP contribution in [0.2, 0.25) is 0 Å². The molecular formula is C23H34N6S. The highest BCUT2D eigenvalue weighted by Gasteiger charge is 2.44. The second kappa shape index (κ2) is 9.86. The number of rotatable bonds is 9. The van der Waals surface area contributed by atoms with E-state index in [0.29, 0.717) is 6.04 Å². The summed E-state index contributed by atoms with van der Waals surface area (Å²) in [4.78, 5) is 4.41. The molecule has 2 fully saturated rings. The van der Waals surface area contributed by atoms with Crippen molar-refractivity contribution in [2.75, 3.05) is 26.4 Å². The van der Waals surface area contributed by atoms with Crippen molar-refractivity contribution in [2.45, 2.75) is 68.0 Å². The van der Waals surface area contributed by atoms with Gasteiger partial charge in [-0.1, -0.05) is 54.9 Å². The fourth-order valence-electron chi connectivity index (χ4n) is 4.58. The quantitative estimate of drug-likeness (QED) is 0.275. The molecule has 162 valence electrons. The minimum atomic E-state index is 0.283. The predicted molar refractivity (Wildman–Crippen MR) is 124 cm³/mol. The lowest BCUT2D eigenvalue weighted by Crippen LogP contribution is -2.41. The van der Waals surface area contributed by atoms with Gasteiger partial charge in [0.25, 0.3) is 0 Å². The van der Waals surface area contributed by atoms with Gasteiger partial charge in [0.1, 0.15) is 5.82 Å². The zero-order valence-corrected chi connectivity index (χ0v) is 19.0. The molecule has 0 unspecified atom stereocenters. The summed E-state index contributed by atoms with van der Waals surface area (Å²) in [5, 5.41) is 17.0. The molecule has 0 aliphatic heterocycles. The van der Waals surface area contributed by atoms with E-state index in [4.69, 9.17) is 0 Å². The summed E-state index contributed by atoms with van der Waals surface area (Å²) in [5.41, 5.74) is 1.72. The Kier molecular flexibility index (Phi) is 6.97. The van der Waals surface area contributed by atoms with Crippen molar-refractivity contribution in [3.8, 4) is 0 Å². The number of nitrogens with zero attached hydrogens (tertiary/aromatic N) is 4. The zero-order valence-electron chi connectivity index (χ0n) is 18.2. The van der Waals surface area contributed by atoms with E-state index >= 15 is 0 Å². The first-order valence-corrected chi connectivity index (χ1v) is 12.5. The highest BCUT2D eigenvalue weighted by molar-refractivity contribution is 7.98. The Morgan fingerprint density at radius 3 is 2.60 bits per heavy atom. The van der Waals surface area contributed by atoms with Crippen LogP contribution >= 0.6 is 11.8 Å². The molecule has 2 aliphatic carbocycles. The highest BCUT2D eigenvalue weighted by atomic mass is 32.2. The van der Waals surface area contributed by atoms with Gasteiger partial charge in [0.05, 0.1) is 0 Å². The van der Waals surface area contributed by atoms with E-state index in [9.17, 15) is 0 Å². The molecular weight excluding hydrogens is 392 g/mol. The Bertz CT molecular complexity index is 837. The van der Waals surface area contributed by atoms with E-state index in [1.165, 1.54) is 44.1 Å². The van der Waals surface area contributed by atoms with Crippen LogP contribution in [-0.2, 0) is 11.8 Å². The van der Waals surface area contributed by atoms with Gasteiger partial charge in [0.15, 0.2) is 11.1 Å². The maximum atomic E-state index is 4.50. The molecule has 1 aromatic heterocycles. The SMILES string of the molecule is CN=C(NCCCc1nnc(SC)n1C1CCCC1)NCC1(c2ccccc2)CC1.